The summed E-state index contributed by atoms with van der Waals surface area (Å²) in [4.78, 5) is 14.7. The zero-order chi connectivity index (χ0) is 23.1. The maximum atomic E-state index is 5.06. The van der Waals surface area contributed by atoms with Crippen LogP contribution in [0.25, 0.3) is 28.2 Å². The standard InChI is InChI=1S/C27H27N7/c1-18(2)22-6-3-4-7-23(22)25-29-16-24-27(32-25)33(26(31-24)20-14-28-15-20)17-19-8-10-21(11-9-19)34-13-5-12-30-34/h3-13,16,18,20,28H,14-15,17H2,1-2H3. The predicted molar refractivity (Wildman–Crippen MR) is 133 cm³/mol. The van der Waals surface area contributed by atoms with Gasteiger partial charge in [-0.3, -0.25) is 0 Å². The Morgan fingerprint density at radius 1 is 1.00 bits per heavy atom. The summed E-state index contributed by atoms with van der Waals surface area (Å²) >= 11 is 0. The van der Waals surface area contributed by atoms with Crippen LogP contribution in [-0.2, 0) is 6.54 Å². The molecule has 1 fully saturated rings. The fourth-order valence-electron chi connectivity index (χ4n) is 4.57. The van der Waals surface area contributed by atoms with Crippen molar-refractivity contribution in [1.29, 1.82) is 0 Å². The first-order chi connectivity index (χ1) is 16.7. The minimum atomic E-state index is 0.393. The molecule has 0 radical (unpaired) electrons. The van der Waals surface area contributed by atoms with Gasteiger partial charge in [-0.25, -0.2) is 19.6 Å². The molecule has 0 spiro atoms. The average Bonchev–Trinajstić information content (AvgIpc) is 3.47. The van der Waals surface area contributed by atoms with Crippen LogP contribution in [0.15, 0.2) is 73.2 Å². The van der Waals surface area contributed by atoms with Crippen LogP contribution in [0.3, 0.4) is 0 Å². The Hall–Kier alpha value is -3.84. The summed E-state index contributed by atoms with van der Waals surface area (Å²) in [7, 11) is 0. The van der Waals surface area contributed by atoms with Gasteiger partial charge in [0, 0.05) is 37.0 Å². The van der Waals surface area contributed by atoms with Gasteiger partial charge in [0.25, 0.3) is 0 Å². The molecule has 1 aliphatic rings. The lowest BCUT2D eigenvalue weighted by Crippen LogP contribution is -2.41. The third-order valence-electron chi connectivity index (χ3n) is 6.53. The Balaban J connectivity index is 1.42. The van der Waals surface area contributed by atoms with Crippen LogP contribution in [0, 0.1) is 0 Å². The molecule has 6 rings (SSSR count). The SMILES string of the molecule is CC(C)c1ccccc1-c1ncc2nc(C3CNC3)n(Cc3ccc(-n4cccn4)cc3)c2n1. The first kappa shape index (κ1) is 20.7. The normalized spacial score (nSPS) is 14.1. The van der Waals surface area contributed by atoms with Crippen molar-refractivity contribution < 1.29 is 0 Å². The molecule has 7 nitrogen and oxygen atoms in total. The van der Waals surface area contributed by atoms with E-state index in [0.717, 1.165) is 47.2 Å². The molecule has 0 atom stereocenters. The van der Waals surface area contributed by atoms with E-state index in [0.29, 0.717) is 18.4 Å². The number of imidazole rings is 1. The van der Waals surface area contributed by atoms with Gasteiger partial charge in [-0.2, -0.15) is 5.10 Å². The van der Waals surface area contributed by atoms with Crippen LogP contribution in [0.5, 0.6) is 0 Å². The van der Waals surface area contributed by atoms with Gasteiger partial charge in [0.05, 0.1) is 18.4 Å². The van der Waals surface area contributed by atoms with Crippen molar-refractivity contribution in [2.24, 2.45) is 0 Å². The van der Waals surface area contributed by atoms with Crippen molar-refractivity contribution in [2.75, 3.05) is 13.1 Å². The molecule has 170 valence electrons. The Labute approximate surface area is 198 Å². The largest absolute Gasteiger partial charge is 0.315 e. The third kappa shape index (κ3) is 3.68. The molecule has 0 unspecified atom stereocenters. The minimum Gasteiger partial charge on any atom is -0.315 e. The molecular weight excluding hydrogens is 422 g/mol. The van der Waals surface area contributed by atoms with E-state index >= 15 is 0 Å². The van der Waals surface area contributed by atoms with Gasteiger partial charge in [-0.15, -0.1) is 0 Å². The van der Waals surface area contributed by atoms with E-state index in [1.165, 1.54) is 11.1 Å². The number of nitrogens with one attached hydrogen (secondary N) is 1. The van der Waals surface area contributed by atoms with Crippen molar-refractivity contribution in [1.82, 2.24) is 34.6 Å². The molecule has 0 amide bonds. The van der Waals surface area contributed by atoms with Crippen molar-refractivity contribution >= 4 is 11.2 Å². The lowest BCUT2D eigenvalue weighted by Gasteiger charge is -2.27. The summed E-state index contributed by atoms with van der Waals surface area (Å²) in [6, 6.07) is 18.9. The van der Waals surface area contributed by atoms with E-state index in [-0.39, 0.29) is 0 Å². The second kappa shape index (κ2) is 8.50. The van der Waals surface area contributed by atoms with E-state index in [2.05, 4.69) is 77.4 Å². The van der Waals surface area contributed by atoms with Crippen molar-refractivity contribution in [3.63, 3.8) is 0 Å². The number of aromatic nitrogens is 6. The maximum Gasteiger partial charge on any atom is 0.164 e. The first-order valence-corrected chi connectivity index (χ1v) is 11.8. The van der Waals surface area contributed by atoms with Crippen LogP contribution in [0.4, 0.5) is 0 Å². The minimum absolute atomic E-state index is 0.393. The molecule has 0 saturated carbocycles. The van der Waals surface area contributed by atoms with E-state index in [9.17, 15) is 0 Å². The summed E-state index contributed by atoms with van der Waals surface area (Å²) < 4.78 is 4.14. The number of fused-ring (bicyclic) bond motifs is 1. The number of benzene rings is 2. The number of rotatable bonds is 6. The number of hydrogen-bond donors (Lipinski definition) is 1. The summed E-state index contributed by atoms with van der Waals surface area (Å²) in [5, 5.41) is 7.70. The van der Waals surface area contributed by atoms with Gasteiger partial charge >= 0.3 is 0 Å². The van der Waals surface area contributed by atoms with Crippen molar-refractivity contribution in [3.8, 4) is 17.1 Å². The van der Waals surface area contributed by atoms with Crippen LogP contribution < -0.4 is 5.32 Å². The van der Waals surface area contributed by atoms with E-state index in [4.69, 9.17) is 15.0 Å². The molecule has 7 heteroatoms. The Bertz CT molecular complexity index is 1430. The zero-order valence-corrected chi connectivity index (χ0v) is 19.4. The van der Waals surface area contributed by atoms with Gasteiger partial charge in [0.15, 0.2) is 11.5 Å². The summed E-state index contributed by atoms with van der Waals surface area (Å²) in [5.74, 6) is 2.62. The van der Waals surface area contributed by atoms with Crippen LogP contribution in [-0.4, -0.2) is 42.4 Å². The zero-order valence-electron chi connectivity index (χ0n) is 19.4. The van der Waals surface area contributed by atoms with Gasteiger partial charge in [0.2, 0.25) is 0 Å². The second-order valence-electron chi connectivity index (χ2n) is 9.17. The second-order valence-corrected chi connectivity index (χ2v) is 9.17. The highest BCUT2D eigenvalue weighted by molar-refractivity contribution is 5.75. The maximum absolute atomic E-state index is 5.06. The molecule has 0 bridgehead atoms. The smallest absolute Gasteiger partial charge is 0.164 e. The molecule has 1 N–H and O–H groups in total. The quantitative estimate of drug-likeness (QED) is 0.412. The van der Waals surface area contributed by atoms with Crippen LogP contribution in [0.2, 0.25) is 0 Å². The molecule has 5 aromatic rings. The van der Waals surface area contributed by atoms with Crippen molar-refractivity contribution in [3.05, 3.63) is 90.1 Å². The van der Waals surface area contributed by atoms with Crippen LogP contribution >= 0.6 is 0 Å². The predicted octanol–water partition coefficient (Wildman–Crippen LogP) is 4.54. The summed E-state index contributed by atoms with van der Waals surface area (Å²) in [6.07, 6.45) is 5.62. The molecule has 2 aromatic carbocycles. The Kier molecular flexibility index (Phi) is 5.19. The highest BCUT2D eigenvalue weighted by Gasteiger charge is 2.26. The molecule has 1 saturated heterocycles. The highest BCUT2D eigenvalue weighted by Crippen LogP contribution is 2.30. The summed E-state index contributed by atoms with van der Waals surface area (Å²) in [5.41, 5.74) is 6.32. The van der Waals surface area contributed by atoms with Crippen molar-refractivity contribution in [2.45, 2.75) is 32.2 Å². The van der Waals surface area contributed by atoms with Gasteiger partial charge < -0.3 is 9.88 Å². The lowest BCUT2D eigenvalue weighted by molar-refractivity contribution is 0.419. The fourth-order valence-corrected chi connectivity index (χ4v) is 4.57. The topological polar surface area (TPSA) is 73.5 Å². The lowest BCUT2D eigenvalue weighted by atomic mass is 9.97. The van der Waals surface area contributed by atoms with Gasteiger partial charge in [-0.05, 0) is 35.2 Å². The number of nitrogens with zero attached hydrogens (tertiary/aromatic N) is 6. The third-order valence-corrected chi connectivity index (χ3v) is 6.53. The van der Waals surface area contributed by atoms with Crippen LogP contribution in [0.1, 0.15) is 42.6 Å². The first-order valence-electron chi connectivity index (χ1n) is 11.8. The average molecular weight is 450 g/mol. The van der Waals surface area contributed by atoms with Gasteiger partial charge in [0.1, 0.15) is 11.3 Å². The Morgan fingerprint density at radius 3 is 2.53 bits per heavy atom. The summed E-state index contributed by atoms with van der Waals surface area (Å²) in [6.45, 7) is 7.01. The Morgan fingerprint density at radius 2 is 1.82 bits per heavy atom. The van der Waals surface area contributed by atoms with E-state index in [1.54, 1.807) is 6.20 Å². The highest BCUT2D eigenvalue weighted by atomic mass is 15.3. The molecule has 1 aliphatic heterocycles. The molecule has 4 heterocycles. The monoisotopic (exact) mass is 449 g/mol. The molecule has 0 aliphatic carbocycles. The molecule has 34 heavy (non-hydrogen) atoms. The van der Waals surface area contributed by atoms with E-state index < -0.39 is 0 Å². The fraction of sp³-hybridized carbons (Fsp3) is 0.259. The molecule has 3 aromatic heterocycles. The number of hydrogen-bond acceptors (Lipinski definition) is 5. The van der Waals surface area contributed by atoms with Gasteiger partial charge in [-0.1, -0.05) is 50.2 Å². The van der Waals surface area contributed by atoms with E-state index in [1.807, 2.05) is 23.1 Å². The molecular formula is C27H27N7.